The van der Waals surface area contributed by atoms with Crippen molar-refractivity contribution in [3.8, 4) is 0 Å². The van der Waals surface area contributed by atoms with E-state index in [0.717, 1.165) is 17.3 Å². The molecule has 1 fully saturated rings. The Hall–Kier alpha value is -0.970. The van der Waals surface area contributed by atoms with E-state index in [1.54, 1.807) is 4.90 Å². The van der Waals surface area contributed by atoms with Crippen molar-refractivity contribution in [3.05, 3.63) is 11.1 Å². The molecule has 0 saturated carbocycles. The molecule has 1 atom stereocenters. The van der Waals surface area contributed by atoms with Crippen molar-refractivity contribution in [2.45, 2.75) is 20.0 Å². The minimum absolute atomic E-state index is 0.148. The van der Waals surface area contributed by atoms with Crippen molar-refractivity contribution in [2.24, 2.45) is 0 Å². The zero-order chi connectivity index (χ0) is 9.59. The smallest absolute Gasteiger partial charge is 0.293 e. The van der Waals surface area contributed by atoms with Gasteiger partial charge < -0.3 is 10.2 Å². The van der Waals surface area contributed by atoms with Crippen LogP contribution < -0.4 is 5.32 Å². The van der Waals surface area contributed by atoms with Gasteiger partial charge in [0.05, 0.1) is 0 Å². The van der Waals surface area contributed by atoms with Gasteiger partial charge in [0.25, 0.3) is 10.5 Å². The van der Waals surface area contributed by atoms with Gasteiger partial charge >= 0.3 is 0 Å². The summed E-state index contributed by atoms with van der Waals surface area (Å²) in [7, 11) is 0. The summed E-state index contributed by atoms with van der Waals surface area (Å²) in [5.41, 5.74) is 2.25. The second kappa shape index (κ2) is 2.77. The van der Waals surface area contributed by atoms with Gasteiger partial charge in [-0.2, -0.15) is 0 Å². The Morgan fingerprint density at radius 3 is 2.85 bits per heavy atom. The SMILES string of the molecule is CC1=C(C)C2NC(=O)SC(=O)N2C1. The van der Waals surface area contributed by atoms with E-state index in [4.69, 9.17) is 0 Å². The Kier molecular flexibility index (Phi) is 1.83. The van der Waals surface area contributed by atoms with Gasteiger partial charge in [-0.1, -0.05) is 5.57 Å². The van der Waals surface area contributed by atoms with E-state index in [-0.39, 0.29) is 16.6 Å². The van der Waals surface area contributed by atoms with Crippen LogP contribution in [0.1, 0.15) is 13.8 Å². The standard InChI is InChI=1S/C8H10N2O2S/c1-4-3-10-6(5(4)2)9-7(11)13-8(10)12/h6H,3H2,1-2H3,(H,9,11). The molecule has 1 N–H and O–H groups in total. The lowest BCUT2D eigenvalue weighted by Gasteiger charge is -2.30. The number of thioether (sulfide) groups is 1. The van der Waals surface area contributed by atoms with E-state index in [0.29, 0.717) is 6.54 Å². The molecule has 2 rings (SSSR count). The Morgan fingerprint density at radius 2 is 2.15 bits per heavy atom. The molecule has 0 aromatic carbocycles. The van der Waals surface area contributed by atoms with Crippen LogP contribution in [0.25, 0.3) is 0 Å². The molecule has 4 nitrogen and oxygen atoms in total. The highest BCUT2D eigenvalue weighted by molar-refractivity contribution is 8.26. The van der Waals surface area contributed by atoms with Gasteiger partial charge in [-0.25, -0.2) is 0 Å². The number of rotatable bonds is 0. The molecular formula is C8H10N2O2S. The van der Waals surface area contributed by atoms with Crippen molar-refractivity contribution in [1.82, 2.24) is 10.2 Å². The molecule has 2 aliphatic heterocycles. The van der Waals surface area contributed by atoms with Crippen LogP contribution in [0.5, 0.6) is 0 Å². The first kappa shape index (κ1) is 8.62. The van der Waals surface area contributed by atoms with Crippen LogP contribution in [0, 0.1) is 0 Å². The number of carbonyl (C=O) groups excluding carboxylic acids is 2. The molecule has 0 radical (unpaired) electrons. The zero-order valence-electron chi connectivity index (χ0n) is 7.46. The summed E-state index contributed by atoms with van der Waals surface area (Å²) < 4.78 is 0. The van der Waals surface area contributed by atoms with E-state index in [1.165, 1.54) is 5.57 Å². The lowest BCUT2D eigenvalue weighted by Crippen LogP contribution is -2.51. The van der Waals surface area contributed by atoms with Gasteiger partial charge in [-0.3, -0.25) is 9.59 Å². The van der Waals surface area contributed by atoms with Crippen LogP contribution in [0.4, 0.5) is 9.59 Å². The van der Waals surface area contributed by atoms with Gasteiger partial charge in [0.1, 0.15) is 6.17 Å². The predicted molar refractivity (Wildman–Crippen MR) is 50.4 cm³/mol. The third-order valence-electron chi connectivity index (χ3n) is 2.47. The van der Waals surface area contributed by atoms with E-state index >= 15 is 0 Å². The van der Waals surface area contributed by atoms with Gasteiger partial charge in [0.15, 0.2) is 0 Å². The van der Waals surface area contributed by atoms with Crippen molar-refractivity contribution in [2.75, 3.05) is 6.54 Å². The quantitative estimate of drug-likeness (QED) is 0.601. The molecule has 5 heteroatoms. The molecule has 0 bridgehead atoms. The molecule has 2 heterocycles. The molecule has 2 amide bonds. The van der Waals surface area contributed by atoms with Gasteiger partial charge in [-0.05, 0) is 19.4 Å². The van der Waals surface area contributed by atoms with E-state index < -0.39 is 0 Å². The fraction of sp³-hybridized carbons (Fsp3) is 0.500. The number of nitrogens with one attached hydrogen (secondary N) is 1. The second-order valence-electron chi connectivity index (χ2n) is 3.29. The largest absolute Gasteiger partial charge is 0.322 e. The van der Waals surface area contributed by atoms with Crippen molar-refractivity contribution in [1.29, 1.82) is 0 Å². The maximum Gasteiger partial charge on any atom is 0.293 e. The predicted octanol–water partition coefficient (Wildman–Crippen LogP) is 1.54. The summed E-state index contributed by atoms with van der Waals surface area (Å²) in [6, 6.07) is 0. The average Bonchev–Trinajstić information content (AvgIpc) is 2.32. The first-order valence-corrected chi connectivity index (χ1v) is 4.86. The van der Waals surface area contributed by atoms with Crippen molar-refractivity contribution < 1.29 is 9.59 Å². The molecule has 0 aliphatic carbocycles. The summed E-state index contributed by atoms with van der Waals surface area (Å²) in [6.45, 7) is 4.57. The summed E-state index contributed by atoms with van der Waals surface area (Å²) >= 11 is 0.732. The minimum Gasteiger partial charge on any atom is -0.322 e. The highest BCUT2D eigenvalue weighted by Crippen LogP contribution is 2.29. The molecule has 0 aromatic rings. The lowest BCUT2D eigenvalue weighted by molar-refractivity contribution is 0.206. The van der Waals surface area contributed by atoms with Gasteiger partial charge in [0.2, 0.25) is 0 Å². The number of amides is 2. The first-order valence-electron chi connectivity index (χ1n) is 4.05. The maximum atomic E-state index is 11.4. The Labute approximate surface area is 80.3 Å². The summed E-state index contributed by atoms with van der Waals surface area (Å²) in [5, 5.41) is 2.36. The number of hydrogen-bond donors (Lipinski definition) is 1. The number of hydrogen-bond acceptors (Lipinski definition) is 3. The monoisotopic (exact) mass is 198 g/mol. The van der Waals surface area contributed by atoms with Gasteiger partial charge in [-0.15, -0.1) is 0 Å². The summed E-state index contributed by atoms with van der Waals surface area (Å²) in [4.78, 5) is 24.1. The van der Waals surface area contributed by atoms with Crippen LogP contribution in [0.2, 0.25) is 0 Å². The zero-order valence-corrected chi connectivity index (χ0v) is 8.27. The molecule has 0 spiro atoms. The summed E-state index contributed by atoms with van der Waals surface area (Å²) in [5.74, 6) is 0. The highest BCUT2D eigenvalue weighted by atomic mass is 32.2. The minimum atomic E-state index is -0.250. The maximum absolute atomic E-state index is 11.4. The fourth-order valence-corrected chi connectivity index (χ4v) is 2.19. The van der Waals surface area contributed by atoms with Crippen LogP contribution >= 0.6 is 11.8 Å². The molecule has 13 heavy (non-hydrogen) atoms. The van der Waals surface area contributed by atoms with E-state index in [2.05, 4.69) is 5.32 Å². The van der Waals surface area contributed by atoms with Crippen molar-refractivity contribution >= 4 is 22.2 Å². The lowest BCUT2D eigenvalue weighted by atomic mass is 10.2. The number of carbonyl (C=O) groups is 2. The molecule has 1 unspecified atom stereocenters. The molecule has 0 aromatic heterocycles. The third kappa shape index (κ3) is 1.23. The van der Waals surface area contributed by atoms with E-state index in [1.807, 2.05) is 13.8 Å². The highest BCUT2D eigenvalue weighted by Gasteiger charge is 2.38. The first-order chi connectivity index (χ1) is 6.09. The van der Waals surface area contributed by atoms with Crippen LogP contribution in [0.3, 0.4) is 0 Å². The average molecular weight is 198 g/mol. The Balaban J connectivity index is 2.29. The third-order valence-corrected chi connectivity index (χ3v) is 3.18. The topological polar surface area (TPSA) is 49.4 Å². The molecule has 70 valence electrons. The Bertz CT molecular complexity index is 324. The van der Waals surface area contributed by atoms with Gasteiger partial charge in [0, 0.05) is 18.3 Å². The normalized spacial score (nSPS) is 27.8. The Morgan fingerprint density at radius 1 is 1.46 bits per heavy atom. The summed E-state index contributed by atoms with van der Waals surface area (Å²) in [6.07, 6.45) is -0.193. The van der Waals surface area contributed by atoms with Crippen LogP contribution in [0.15, 0.2) is 11.1 Å². The van der Waals surface area contributed by atoms with Crippen molar-refractivity contribution in [3.63, 3.8) is 0 Å². The fourth-order valence-electron chi connectivity index (χ4n) is 1.57. The van der Waals surface area contributed by atoms with E-state index in [9.17, 15) is 9.59 Å². The number of fused-ring (bicyclic) bond motifs is 1. The van der Waals surface area contributed by atoms with Crippen LogP contribution in [-0.4, -0.2) is 28.1 Å². The molecule has 2 aliphatic rings. The number of nitrogens with zero attached hydrogens (tertiary/aromatic N) is 1. The van der Waals surface area contributed by atoms with Crippen LogP contribution in [-0.2, 0) is 0 Å². The molecule has 1 saturated heterocycles. The molecular weight excluding hydrogens is 188 g/mol. The second-order valence-corrected chi connectivity index (χ2v) is 4.22.